The smallest absolute Gasteiger partial charge is 0.127 e. The molecule has 6 heteroatoms. The molecule has 0 aliphatic carbocycles. The van der Waals surface area contributed by atoms with E-state index in [1.807, 2.05) is 31.2 Å². The molecule has 3 rings (SSSR count). The number of rotatable bonds is 7. The molecule has 2 atom stereocenters. The van der Waals surface area contributed by atoms with Crippen molar-refractivity contribution in [2.75, 3.05) is 37.6 Å². The molecule has 1 aliphatic heterocycles. The molecule has 0 bridgehead atoms. The fourth-order valence-corrected chi connectivity index (χ4v) is 3.94. The lowest BCUT2D eigenvalue weighted by molar-refractivity contribution is -0.108. The van der Waals surface area contributed by atoms with Crippen molar-refractivity contribution < 1.29 is 9.90 Å². The van der Waals surface area contributed by atoms with Gasteiger partial charge >= 0.3 is 0 Å². The highest BCUT2D eigenvalue weighted by molar-refractivity contribution is 6.42. The first-order chi connectivity index (χ1) is 13.5. The van der Waals surface area contributed by atoms with Gasteiger partial charge in [0.15, 0.2) is 0 Å². The zero-order valence-corrected chi connectivity index (χ0v) is 17.5. The summed E-state index contributed by atoms with van der Waals surface area (Å²) in [6.45, 7) is 6.43. The molecule has 0 aromatic heterocycles. The van der Waals surface area contributed by atoms with Gasteiger partial charge in [-0.1, -0.05) is 54.4 Å². The number of carbonyl (C=O) groups excluding carboxylic acids is 1. The number of hydrogen-bond acceptors (Lipinski definition) is 4. The van der Waals surface area contributed by atoms with Crippen molar-refractivity contribution in [3.8, 4) is 0 Å². The normalized spacial score (nSPS) is 17.4. The van der Waals surface area contributed by atoms with E-state index in [0.717, 1.165) is 55.8 Å². The predicted octanol–water partition coefficient (Wildman–Crippen LogP) is 4.54. The van der Waals surface area contributed by atoms with Crippen molar-refractivity contribution >= 4 is 35.2 Å². The molecule has 150 valence electrons. The Hall–Kier alpha value is -1.59. The lowest BCUT2D eigenvalue weighted by atomic mass is 9.99. The number of aliphatic hydroxyl groups is 1. The van der Waals surface area contributed by atoms with Crippen molar-refractivity contribution in [3.63, 3.8) is 0 Å². The molecular weight excluding hydrogens is 395 g/mol. The number of nitrogens with zero attached hydrogens (tertiary/aromatic N) is 2. The van der Waals surface area contributed by atoms with Crippen molar-refractivity contribution in [2.24, 2.45) is 0 Å². The number of piperazine rings is 1. The molecule has 4 nitrogen and oxygen atoms in total. The maximum atomic E-state index is 11.2. The SMILES string of the molecule is CC(C=O)c1ccccc1N1CCN(CCC(O)c2ccc(Cl)c(Cl)c2)CC1. The van der Waals surface area contributed by atoms with E-state index in [-0.39, 0.29) is 5.92 Å². The summed E-state index contributed by atoms with van der Waals surface area (Å²) in [6, 6.07) is 13.4. The third-order valence-electron chi connectivity index (χ3n) is 5.39. The highest BCUT2D eigenvalue weighted by Gasteiger charge is 2.21. The topological polar surface area (TPSA) is 43.8 Å². The molecule has 0 amide bonds. The Bertz CT molecular complexity index is 807. The fourth-order valence-electron chi connectivity index (χ4n) is 3.64. The molecule has 1 aliphatic rings. The number of aldehydes is 1. The number of aliphatic hydroxyl groups excluding tert-OH is 1. The Morgan fingerprint density at radius 1 is 1.07 bits per heavy atom. The second kappa shape index (κ2) is 9.75. The molecule has 28 heavy (non-hydrogen) atoms. The van der Waals surface area contributed by atoms with Gasteiger partial charge in [0, 0.05) is 44.3 Å². The lowest BCUT2D eigenvalue weighted by Crippen LogP contribution is -2.47. The summed E-state index contributed by atoms with van der Waals surface area (Å²) in [5, 5.41) is 11.4. The molecule has 0 radical (unpaired) electrons. The van der Waals surface area contributed by atoms with E-state index in [0.29, 0.717) is 16.5 Å². The van der Waals surface area contributed by atoms with Crippen LogP contribution in [0.5, 0.6) is 0 Å². The third kappa shape index (κ3) is 5.06. The van der Waals surface area contributed by atoms with E-state index < -0.39 is 6.10 Å². The summed E-state index contributed by atoms with van der Waals surface area (Å²) in [5.74, 6) is -0.101. The third-order valence-corrected chi connectivity index (χ3v) is 6.13. The summed E-state index contributed by atoms with van der Waals surface area (Å²) in [7, 11) is 0. The number of carbonyl (C=O) groups is 1. The Labute approximate surface area is 176 Å². The molecule has 1 heterocycles. The molecule has 0 spiro atoms. The van der Waals surface area contributed by atoms with Crippen molar-refractivity contribution in [1.82, 2.24) is 4.90 Å². The first kappa shape index (κ1) is 21.1. The standard InChI is InChI=1S/C22H26Cl2N2O2/c1-16(15-27)18-4-2-3-5-21(18)26-12-10-25(11-13-26)9-8-22(28)17-6-7-19(23)20(24)14-17/h2-7,14-16,22,28H,8-13H2,1H3. The molecule has 2 unspecified atom stereocenters. The molecule has 2 aromatic carbocycles. The number of benzene rings is 2. The largest absolute Gasteiger partial charge is 0.388 e. The van der Waals surface area contributed by atoms with Crippen molar-refractivity contribution in [1.29, 1.82) is 0 Å². The highest BCUT2D eigenvalue weighted by Crippen LogP contribution is 2.29. The van der Waals surface area contributed by atoms with Gasteiger partial charge in [0.2, 0.25) is 0 Å². The highest BCUT2D eigenvalue weighted by atomic mass is 35.5. The van der Waals surface area contributed by atoms with Crippen LogP contribution in [0.2, 0.25) is 10.0 Å². The summed E-state index contributed by atoms with van der Waals surface area (Å²) < 4.78 is 0. The average Bonchev–Trinajstić information content (AvgIpc) is 2.73. The van der Waals surface area contributed by atoms with Crippen LogP contribution < -0.4 is 4.90 Å². The maximum Gasteiger partial charge on any atom is 0.127 e. The van der Waals surface area contributed by atoms with Crippen LogP contribution in [0.15, 0.2) is 42.5 Å². The molecule has 1 saturated heterocycles. The Balaban J connectivity index is 1.53. The summed E-state index contributed by atoms with van der Waals surface area (Å²) >= 11 is 12.0. The minimum Gasteiger partial charge on any atom is -0.388 e. The van der Waals surface area contributed by atoms with E-state index in [1.54, 1.807) is 12.1 Å². The zero-order chi connectivity index (χ0) is 20.1. The van der Waals surface area contributed by atoms with E-state index in [2.05, 4.69) is 15.9 Å². The maximum absolute atomic E-state index is 11.2. The van der Waals surface area contributed by atoms with Gasteiger partial charge in [-0.25, -0.2) is 0 Å². The minimum absolute atomic E-state index is 0.101. The number of para-hydroxylation sites is 1. The zero-order valence-electron chi connectivity index (χ0n) is 16.0. The molecule has 2 aromatic rings. The number of hydrogen-bond donors (Lipinski definition) is 1. The van der Waals surface area contributed by atoms with Crippen LogP contribution in [0, 0.1) is 0 Å². The Kier molecular flexibility index (Phi) is 7.36. The summed E-state index contributed by atoms with van der Waals surface area (Å²) in [5.41, 5.74) is 3.03. The molecule has 1 N–H and O–H groups in total. The van der Waals surface area contributed by atoms with Gasteiger partial charge in [-0.3, -0.25) is 4.90 Å². The quantitative estimate of drug-likeness (QED) is 0.667. The van der Waals surface area contributed by atoms with Gasteiger partial charge in [-0.15, -0.1) is 0 Å². The van der Waals surface area contributed by atoms with E-state index >= 15 is 0 Å². The summed E-state index contributed by atoms with van der Waals surface area (Å²) in [6.07, 6.45) is 1.10. The fraction of sp³-hybridized carbons (Fsp3) is 0.409. The number of halogens is 2. The van der Waals surface area contributed by atoms with Gasteiger partial charge in [0.1, 0.15) is 6.29 Å². The van der Waals surface area contributed by atoms with Crippen LogP contribution in [-0.4, -0.2) is 49.0 Å². The molecule has 0 saturated carbocycles. The van der Waals surface area contributed by atoms with Crippen LogP contribution in [0.3, 0.4) is 0 Å². The second-order valence-electron chi connectivity index (χ2n) is 7.29. The first-order valence-corrected chi connectivity index (χ1v) is 10.4. The van der Waals surface area contributed by atoms with Gasteiger partial charge in [0.05, 0.1) is 16.1 Å². The minimum atomic E-state index is -0.554. The lowest BCUT2D eigenvalue weighted by Gasteiger charge is -2.37. The van der Waals surface area contributed by atoms with Gasteiger partial charge in [0.25, 0.3) is 0 Å². The molecule has 1 fully saturated rings. The van der Waals surface area contributed by atoms with Gasteiger partial charge < -0.3 is 14.8 Å². The average molecular weight is 421 g/mol. The van der Waals surface area contributed by atoms with Crippen LogP contribution >= 0.6 is 23.2 Å². The van der Waals surface area contributed by atoms with E-state index in [1.165, 1.54) is 0 Å². The first-order valence-electron chi connectivity index (χ1n) is 9.64. The number of anilines is 1. The van der Waals surface area contributed by atoms with Crippen LogP contribution in [-0.2, 0) is 4.79 Å². The Morgan fingerprint density at radius 2 is 1.79 bits per heavy atom. The van der Waals surface area contributed by atoms with E-state index in [9.17, 15) is 9.90 Å². The van der Waals surface area contributed by atoms with Crippen LogP contribution in [0.4, 0.5) is 5.69 Å². The van der Waals surface area contributed by atoms with Gasteiger partial charge in [-0.2, -0.15) is 0 Å². The molecular formula is C22H26Cl2N2O2. The Morgan fingerprint density at radius 3 is 2.46 bits per heavy atom. The van der Waals surface area contributed by atoms with Crippen molar-refractivity contribution in [3.05, 3.63) is 63.6 Å². The summed E-state index contributed by atoms with van der Waals surface area (Å²) in [4.78, 5) is 15.9. The van der Waals surface area contributed by atoms with Crippen molar-refractivity contribution in [2.45, 2.75) is 25.4 Å². The predicted molar refractivity (Wildman–Crippen MR) is 116 cm³/mol. The monoisotopic (exact) mass is 420 g/mol. The van der Waals surface area contributed by atoms with Crippen LogP contribution in [0.1, 0.15) is 36.5 Å². The van der Waals surface area contributed by atoms with Crippen LogP contribution in [0.25, 0.3) is 0 Å². The second-order valence-corrected chi connectivity index (χ2v) is 8.10. The van der Waals surface area contributed by atoms with Gasteiger partial charge in [-0.05, 0) is 35.7 Å². The van der Waals surface area contributed by atoms with E-state index in [4.69, 9.17) is 23.2 Å².